The summed E-state index contributed by atoms with van der Waals surface area (Å²) in [5.74, 6) is -0.789. The molecule has 1 unspecified atom stereocenters. The molecule has 168 valence electrons. The molecule has 3 N–H and O–H groups in total. The van der Waals surface area contributed by atoms with Crippen LogP contribution in [0.5, 0.6) is 0 Å². The van der Waals surface area contributed by atoms with Crippen LogP contribution in [0.2, 0.25) is 0 Å². The lowest BCUT2D eigenvalue weighted by molar-refractivity contribution is -0.118. The van der Waals surface area contributed by atoms with Crippen molar-refractivity contribution in [3.63, 3.8) is 0 Å². The van der Waals surface area contributed by atoms with Gasteiger partial charge < -0.3 is 5.73 Å². The summed E-state index contributed by atoms with van der Waals surface area (Å²) in [6.07, 6.45) is 0.913. The molecule has 1 atom stereocenters. The molecule has 2 aliphatic rings. The zero-order chi connectivity index (χ0) is 23.9. The lowest BCUT2D eigenvalue weighted by Crippen LogP contribution is -2.49. The quantitative estimate of drug-likeness (QED) is 0.738. The molecule has 1 aliphatic heterocycles. The average molecular weight is 441 g/mol. The van der Waals surface area contributed by atoms with Crippen molar-refractivity contribution in [2.45, 2.75) is 46.5 Å². The van der Waals surface area contributed by atoms with E-state index in [-0.39, 0.29) is 28.5 Å². The van der Waals surface area contributed by atoms with E-state index in [4.69, 9.17) is 5.73 Å². The third-order valence-corrected chi connectivity index (χ3v) is 6.32. The highest BCUT2D eigenvalue weighted by Gasteiger charge is 2.44. The third-order valence-electron chi connectivity index (χ3n) is 6.32. The molecule has 0 radical (unpaired) electrons. The number of aryl methyl sites for hydroxylation is 2. The average Bonchev–Trinajstić information content (AvgIpc) is 2.75. The normalized spacial score (nSPS) is 19.8. The maximum atomic E-state index is 13.4. The second-order valence-corrected chi connectivity index (χ2v) is 9.70. The molecular formula is C27H28N4O2. The Morgan fingerprint density at radius 2 is 1.64 bits per heavy atom. The summed E-state index contributed by atoms with van der Waals surface area (Å²) in [6.45, 7) is 7.98. The van der Waals surface area contributed by atoms with E-state index in [2.05, 4.69) is 11.5 Å². The number of carbonyl (C=O) groups is 2. The molecule has 4 rings (SSSR count). The van der Waals surface area contributed by atoms with E-state index in [1.54, 1.807) is 12.1 Å². The number of benzene rings is 2. The predicted molar refractivity (Wildman–Crippen MR) is 126 cm³/mol. The van der Waals surface area contributed by atoms with E-state index < -0.39 is 5.92 Å². The van der Waals surface area contributed by atoms with Crippen LogP contribution in [0, 0.1) is 30.6 Å². The van der Waals surface area contributed by atoms with E-state index in [1.807, 2.05) is 64.1 Å². The van der Waals surface area contributed by atoms with Gasteiger partial charge in [-0.15, -0.1) is 0 Å². The van der Waals surface area contributed by atoms with Crippen molar-refractivity contribution in [3.05, 3.63) is 93.4 Å². The molecule has 0 saturated carbocycles. The molecule has 2 aromatic rings. The zero-order valence-corrected chi connectivity index (χ0v) is 19.4. The van der Waals surface area contributed by atoms with E-state index in [1.165, 1.54) is 5.01 Å². The number of hydrogen-bond donors (Lipinski definition) is 2. The Balaban J connectivity index is 1.84. The van der Waals surface area contributed by atoms with Gasteiger partial charge in [-0.2, -0.15) is 5.26 Å². The van der Waals surface area contributed by atoms with Crippen LogP contribution in [0.1, 0.15) is 59.7 Å². The number of nitrogens with zero attached hydrogens (tertiary/aromatic N) is 2. The molecular weight excluding hydrogens is 412 g/mol. The minimum Gasteiger partial charge on any atom is -0.383 e. The Bertz CT molecular complexity index is 1230. The molecule has 0 saturated heterocycles. The molecule has 33 heavy (non-hydrogen) atoms. The van der Waals surface area contributed by atoms with Crippen LogP contribution in [-0.4, -0.2) is 16.7 Å². The summed E-state index contributed by atoms with van der Waals surface area (Å²) in [5, 5.41) is 11.5. The molecule has 0 fully saturated rings. The van der Waals surface area contributed by atoms with Gasteiger partial charge in [0.2, 0.25) is 0 Å². The van der Waals surface area contributed by atoms with Gasteiger partial charge in [-0.25, -0.2) is 5.01 Å². The maximum absolute atomic E-state index is 13.4. The first kappa shape index (κ1) is 22.3. The lowest BCUT2D eigenvalue weighted by Gasteiger charge is -2.43. The summed E-state index contributed by atoms with van der Waals surface area (Å²) in [7, 11) is 0. The Kier molecular flexibility index (Phi) is 5.59. The van der Waals surface area contributed by atoms with Crippen molar-refractivity contribution >= 4 is 11.7 Å². The topological polar surface area (TPSA) is 99.2 Å². The minimum atomic E-state index is -0.554. The highest BCUT2D eigenvalue weighted by molar-refractivity contribution is 6.01. The highest BCUT2D eigenvalue weighted by atomic mass is 16.2. The highest BCUT2D eigenvalue weighted by Crippen LogP contribution is 2.48. The number of allylic oxidation sites excluding steroid dienone is 3. The van der Waals surface area contributed by atoms with Crippen molar-refractivity contribution in [1.29, 1.82) is 5.26 Å². The summed E-state index contributed by atoms with van der Waals surface area (Å²) in [5.41, 5.74) is 13.9. The van der Waals surface area contributed by atoms with Crippen molar-refractivity contribution in [2.75, 3.05) is 0 Å². The lowest BCUT2D eigenvalue weighted by atomic mass is 9.69. The zero-order valence-electron chi connectivity index (χ0n) is 19.4. The van der Waals surface area contributed by atoms with Gasteiger partial charge in [0, 0.05) is 17.6 Å². The molecule has 0 aromatic heterocycles. The number of nitriles is 1. The number of nitrogens with one attached hydrogen (secondary N) is 1. The molecule has 2 aromatic carbocycles. The molecule has 6 heteroatoms. The monoisotopic (exact) mass is 440 g/mol. The number of Topliss-reactive ketones (excluding diaryl/α,β-unsaturated/α-hetero) is 1. The van der Waals surface area contributed by atoms with Gasteiger partial charge >= 0.3 is 0 Å². The third kappa shape index (κ3) is 4.14. The minimum absolute atomic E-state index is 0.0262. The molecule has 1 amide bonds. The Morgan fingerprint density at radius 1 is 1.06 bits per heavy atom. The standard InChI is InChI=1S/C27H28N4O2/c1-16-5-9-18(10-6-16)23-20(15-28)25(29)31(21-13-27(3,4)14-22(32)24(21)23)30-26(33)19-11-7-17(2)8-12-19/h5-12,23H,13-14,29H2,1-4H3,(H,30,33). The van der Waals surface area contributed by atoms with Gasteiger partial charge in [0.25, 0.3) is 5.91 Å². The largest absolute Gasteiger partial charge is 0.383 e. The number of carbonyl (C=O) groups excluding carboxylic acids is 2. The number of nitrogens with two attached hydrogens (primary N) is 1. The molecule has 1 aliphatic carbocycles. The van der Waals surface area contributed by atoms with Crippen molar-refractivity contribution in [3.8, 4) is 6.07 Å². The predicted octanol–water partition coefficient (Wildman–Crippen LogP) is 4.38. The molecule has 6 nitrogen and oxygen atoms in total. The van der Waals surface area contributed by atoms with Crippen molar-refractivity contribution in [1.82, 2.24) is 10.4 Å². The summed E-state index contributed by atoms with van der Waals surface area (Å²) in [4.78, 5) is 26.5. The van der Waals surface area contributed by atoms with Crippen molar-refractivity contribution < 1.29 is 9.59 Å². The van der Waals surface area contributed by atoms with Crippen molar-refractivity contribution in [2.24, 2.45) is 11.1 Å². The van der Waals surface area contributed by atoms with Gasteiger partial charge in [0.15, 0.2) is 5.78 Å². The Morgan fingerprint density at radius 3 is 2.21 bits per heavy atom. The summed E-state index contributed by atoms with van der Waals surface area (Å²) < 4.78 is 0. The maximum Gasteiger partial charge on any atom is 0.270 e. The van der Waals surface area contributed by atoms with Crippen LogP contribution in [0.25, 0.3) is 0 Å². The van der Waals surface area contributed by atoms with E-state index in [0.717, 1.165) is 16.7 Å². The summed E-state index contributed by atoms with van der Waals surface area (Å²) in [6, 6.07) is 17.2. The second kappa shape index (κ2) is 8.25. The Hall–Kier alpha value is -3.85. The van der Waals surface area contributed by atoms with Gasteiger partial charge in [0.1, 0.15) is 5.82 Å². The first-order valence-corrected chi connectivity index (χ1v) is 11.0. The fourth-order valence-electron chi connectivity index (χ4n) is 4.60. The Labute approximate surface area is 194 Å². The second-order valence-electron chi connectivity index (χ2n) is 9.70. The number of hydrazine groups is 1. The van der Waals surface area contributed by atoms with Gasteiger partial charge in [0.05, 0.1) is 23.3 Å². The number of hydrogen-bond acceptors (Lipinski definition) is 5. The molecule has 1 heterocycles. The SMILES string of the molecule is Cc1ccc(C(=O)NN2C(N)=C(C#N)C(c3ccc(C)cc3)C3=C2CC(C)(C)CC3=O)cc1. The fraction of sp³-hybridized carbons (Fsp3) is 0.296. The van der Waals surface area contributed by atoms with E-state index in [0.29, 0.717) is 29.7 Å². The van der Waals surface area contributed by atoms with Gasteiger partial charge in [-0.3, -0.25) is 15.0 Å². The van der Waals surface area contributed by atoms with Crippen LogP contribution in [0.3, 0.4) is 0 Å². The van der Waals surface area contributed by atoms with E-state index in [9.17, 15) is 14.9 Å². The van der Waals surface area contributed by atoms with E-state index >= 15 is 0 Å². The smallest absolute Gasteiger partial charge is 0.270 e. The number of ketones is 1. The van der Waals surface area contributed by atoms with Crippen LogP contribution >= 0.6 is 0 Å². The van der Waals surface area contributed by atoms with Gasteiger partial charge in [-0.1, -0.05) is 61.4 Å². The molecule has 0 bridgehead atoms. The first-order chi connectivity index (χ1) is 15.6. The first-order valence-electron chi connectivity index (χ1n) is 11.0. The van der Waals surface area contributed by atoms with Crippen LogP contribution in [0.4, 0.5) is 0 Å². The number of rotatable bonds is 3. The van der Waals surface area contributed by atoms with Crippen LogP contribution in [-0.2, 0) is 4.79 Å². The van der Waals surface area contributed by atoms with Crippen LogP contribution in [0.15, 0.2) is 71.2 Å². The summed E-state index contributed by atoms with van der Waals surface area (Å²) >= 11 is 0. The van der Waals surface area contributed by atoms with Gasteiger partial charge in [-0.05, 0) is 43.4 Å². The fourth-order valence-corrected chi connectivity index (χ4v) is 4.60. The molecule has 0 spiro atoms. The number of amides is 1. The van der Waals surface area contributed by atoms with Crippen LogP contribution < -0.4 is 11.2 Å².